The van der Waals surface area contributed by atoms with Crippen molar-refractivity contribution in [2.45, 2.75) is 6.67 Å². The van der Waals surface area contributed by atoms with E-state index < -0.39 is 12.5 Å². The van der Waals surface area contributed by atoms with Gasteiger partial charge in [-0.15, -0.1) is 0 Å². The molecule has 0 radical (unpaired) electrons. The highest BCUT2D eigenvalue weighted by molar-refractivity contribution is 5.77. The maximum Gasteiger partial charge on any atom is 0.230 e. The number of nitrogens with two attached hydrogens (primary N) is 1. The van der Waals surface area contributed by atoms with Gasteiger partial charge in [0.05, 0.1) is 18.9 Å². The Balaban J connectivity index is 2.66. The number of anilines is 1. The predicted molar refractivity (Wildman–Crippen MR) is 57.7 cm³/mol. The van der Waals surface area contributed by atoms with Crippen LogP contribution in [0.15, 0.2) is 22.9 Å². The summed E-state index contributed by atoms with van der Waals surface area (Å²) in [5, 5.41) is 3.49. The fourth-order valence-corrected chi connectivity index (χ4v) is 1.59. The summed E-state index contributed by atoms with van der Waals surface area (Å²) in [6.07, 6.45) is 1.33. The third-order valence-electron chi connectivity index (χ3n) is 2.35. The normalized spacial score (nSPS) is 10.5. The second-order valence-corrected chi connectivity index (χ2v) is 3.40. The van der Waals surface area contributed by atoms with Gasteiger partial charge < -0.3 is 15.0 Å². The Bertz CT molecular complexity index is 540. The number of nitrogens with zero attached hydrogens (tertiary/aromatic N) is 1. The van der Waals surface area contributed by atoms with E-state index >= 15 is 0 Å². The summed E-state index contributed by atoms with van der Waals surface area (Å²) in [5.74, 6) is -0.644. The SMILES string of the molecule is COc1c(F)cc(CF)cc1-c1cnoc1N. The van der Waals surface area contributed by atoms with Crippen molar-refractivity contribution in [3.05, 3.63) is 29.7 Å². The summed E-state index contributed by atoms with van der Waals surface area (Å²) in [4.78, 5) is 0. The topological polar surface area (TPSA) is 61.3 Å². The Labute approximate surface area is 96.0 Å². The zero-order chi connectivity index (χ0) is 12.4. The van der Waals surface area contributed by atoms with Crippen molar-refractivity contribution in [3.63, 3.8) is 0 Å². The van der Waals surface area contributed by atoms with Crippen molar-refractivity contribution in [3.8, 4) is 16.9 Å². The van der Waals surface area contributed by atoms with Gasteiger partial charge in [0.15, 0.2) is 11.6 Å². The summed E-state index contributed by atoms with van der Waals surface area (Å²) in [7, 11) is 1.32. The lowest BCUT2D eigenvalue weighted by Crippen LogP contribution is -1.95. The van der Waals surface area contributed by atoms with E-state index in [4.69, 9.17) is 10.5 Å². The average molecular weight is 240 g/mol. The molecule has 0 bridgehead atoms. The number of alkyl halides is 1. The number of hydrogen-bond acceptors (Lipinski definition) is 4. The van der Waals surface area contributed by atoms with Crippen LogP contribution in [-0.4, -0.2) is 12.3 Å². The lowest BCUT2D eigenvalue weighted by molar-refractivity contribution is 0.386. The number of methoxy groups -OCH3 is 1. The zero-order valence-corrected chi connectivity index (χ0v) is 9.04. The molecule has 0 atom stereocenters. The standard InChI is InChI=1S/C11H10F2N2O2/c1-16-10-7(8-5-15-17-11(8)14)2-6(4-12)3-9(10)13/h2-3,5H,4,14H2,1H3. The van der Waals surface area contributed by atoms with Crippen LogP contribution in [0, 0.1) is 5.82 Å². The molecule has 0 saturated heterocycles. The molecular formula is C11H10F2N2O2. The molecule has 0 unspecified atom stereocenters. The van der Waals surface area contributed by atoms with Crippen molar-refractivity contribution in [1.29, 1.82) is 0 Å². The van der Waals surface area contributed by atoms with Gasteiger partial charge in [0.1, 0.15) is 6.67 Å². The van der Waals surface area contributed by atoms with Crippen molar-refractivity contribution in [2.75, 3.05) is 12.8 Å². The molecule has 90 valence electrons. The van der Waals surface area contributed by atoms with E-state index in [1.165, 1.54) is 19.4 Å². The molecule has 0 spiro atoms. The zero-order valence-electron chi connectivity index (χ0n) is 9.04. The summed E-state index contributed by atoms with van der Waals surface area (Å²) >= 11 is 0. The summed E-state index contributed by atoms with van der Waals surface area (Å²) in [6, 6.07) is 2.52. The van der Waals surface area contributed by atoms with Gasteiger partial charge in [-0.2, -0.15) is 0 Å². The lowest BCUT2D eigenvalue weighted by atomic mass is 10.0. The smallest absolute Gasteiger partial charge is 0.230 e. The van der Waals surface area contributed by atoms with Crippen LogP contribution in [0.3, 0.4) is 0 Å². The summed E-state index contributed by atoms with van der Waals surface area (Å²) in [6.45, 7) is -0.779. The first-order valence-corrected chi connectivity index (χ1v) is 4.80. The number of aromatic nitrogens is 1. The van der Waals surface area contributed by atoms with E-state index in [1.807, 2.05) is 0 Å². The lowest BCUT2D eigenvalue weighted by Gasteiger charge is -2.09. The Kier molecular flexibility index (Phi) is 2.95. The van der Waals surface area contributed by atoms with Crippen molar-refractivity contribution >= 4 is 5.88 Å². The Morgan fingerprint density at radius 1 is 1.41 bits per heavy atom. The third kappa shape index (κ3) is 1.93. The van der Waals surface area contributed by atoms with Crippen LogP contribution >= 0.6 is 0 Å². The maximum atomic E-state index is 13.6. The van der Waals surface area contributed by atoms with Crippen molar-refractivity contribution in [1.82, 2.24) is 5.16 Å². The fraction of sp³-hybridized carbons (Fsp3) is 0.182. The number of halogens is 2. The second kappa shape index (κ2) is 4.40. The molecule has 0 aliphatic carbocycles. The predicted octanol–water partition coefficient (Wildman–Crippen LogP) is 2.54. The molecule has 2 N–H and O–H groups in total. The minimum absolute atomic E-state index is 0.0166. The molecule has 2 rings (SSSR count). The highest BCUT2D eigenvalue weighted by Gasteiger charge is 2.17. The molecule has 1 aromatic carbocycles. The van der Waals surface area contributed by atoms with Crippen LogP contribution in [0.25, 0.3) is 11.1 Å². The Morgan fingerprint density at radius 2 is 2.18 bits per heavy atom. The second-order valence-electron chi connectivity index (χ2n) is 3.40. The van der Waals surface area contributed by atoms with Gasteiger partial charge in [-0.1, -0.05) is 5.16 Å². The van der Waals surface area contributed by atoms with E-state index in [0.717, 1.165) is 6.07 Å². The van der Waals surface area contributed by atoms with Crippen LogP contribution in [0.4, 0.5) is 14.7 Å². The molecule has 0 amide bonds. The average Bonchev–Trinajstić information content (AvgIpc) is 2.74. The van der Waals surface area contributed by atoms with Gasteiger partial charge in [-0.3, -0.25) is 0 Å². The molecule has 0 saturated carbocycles. The van der Waals surface area contributed by atoms with Gasteiger partial charge >= 0.3 is 0 Å². The Hall–Kier alpha value is -2.11. The molecule has 6 heteroatoms. The first-order valence-electron chi connectivity index (χ1n) is 4.80. The number of ether oxygens (including phenoxy) is 1. The number of benzene rings is 1. The van der Waals surface area contributed by atoms with Crippen molar-refractivity contribution in [2.24, 2.45) is 0 Å². The molecule has 1 aromatic heterocycles. The maximum absolute atomic E-state index is 13.6. The van der Waals surface area contributed by atoms with Crippen molar-refractivity contribution < 1.29 is 18.0 Å². The molecule has 0 fully saturated rings. The quantitative estimate of drug-likeness (QED) is 0.895. The van der Waals surface area contributed by atoms with Gasteiger partial charge in [0, 0.05) is 5.56 Å². The monoisotopic (exact) mass is 240 g/mol. The molecule has 4 nitrogen and oxygen atoms in total. The third-order valence-corrected chi connectivity index (χ3v) is 2.35. The van der Waals surface area contributed by atoms with E-state index in [0.29, 0.717) is 11.1 Å². The molecule has 17 heavy (non-hydrogen) atoms. The van der Waals surface area contributed by atoms with Crippen LogP contribution < -0.4 is 10.5 Å². The Morgan fingerprint density at radius 3 is 2.71 bits per heavy atom. The van der Waals surface area contributed by atoms with E-state index in [-0.39, 0.29) is 17.2 Å². The van der Waals surface area contributed by atoms with Crippen LogP contribution in [-0.2, 0) is 6.67 Å². The highest BCUT2D eigenvalue weighted by Crippen LogP contribution is 2.36. The first kappa shape index (κ1) is 11.4. The molecule has 0 aliphatic heterocycles. The summed E-state index contributed by atoms with van der Waals surface area (Å²) < 4.78 is 35.8. The minimum Gasteiger partial charge on any atom is -0.493 e. The number of nitrogen functional groups attached to an aromatic ring is 1. The molecule has 0 aliphatic rings. The van der Waals surface area contributed by atoms with E-state index in [2.05, 4.69) is 9.68 Å². The fourth-order valence-electron chi connectivity index (χ4n) is 1.59. The number of rotatable bonds is 3. The highest BCUT2D eigenvalue weighted by atomic mass is 19.1. The molecule has 2 aromatic rings. The molecular weight excluding hydrogens is 230 g/mol. The van der Waals surface area contributed by atoms with E-state index in [1.54, 1.807) is 0 Å². The van der Waals surface area contributed by atoms with E-state index in [9.17, 15) is 8.78 Å². The summed E-state index contributed by atoms with van der Waals surface area (Å²) in [5.41, 5.74) is 6.42. The minimum atomic E-state index is -0.779. The largest absolute Gasteiger partial charge is 0.493 e. The van der Waals surface area contributed by atoms with Gasteiger partial charge in [-0.25, -0.2) is 8.78 Å². The van der Waals surface area contributed by atoms with Gasteiger partial charge in [-0.05, 0) is 17.7 Å². The van der Waals surface area contributed by atoms with Crippen LogP contribution in [0.5, 0.6) is 5.75 Å². The van der Waals surface area contributed by atoms with Gasteiger partial charge in [0.2, 0.25) is 5.88 Å². The molecule has 1 heterocycles. The first-order chi connectivity index (χ1) is 8.17. The van der Waals surface area contributed by atoms with Crippen LogP contribution in [0.1, 0.15) is 5.56 Å². The van der Waals surface area contributed by atoms with Crippen LogP contribution in [0.2, 0.25) is 0 Å². The van der Waals surface area contributed by atoms with Gasteiger partial charge in [0.25, 0.3) is 0 Å². The number of hydrogen-bond donors (Lipinski definition) is 1.